The van der Waals surface area contributed by atoms with E-state index in [-0.39, 0.29) is 11.8 Å². The van der Waals surface area contributed by atoms with Gasteiger partial charge in [-0.2, -0.15) is 5.10 Å². The highest BCUT2D eigenvalue weighted by molar-refractivity contribution is 5.94. The summed E-state index contributed by atoms with van der Waals surface area (Å²) in [6.07, 6.45) is 2.96. The van der Waals surface area contributed by atoms with Gasteiger partial charge in [-0.3, -0.25) is 19.2 Å². The zero-order valence-electron chi connectivity index (χ0n) is 14.8. The van der Waals surface area contributed by atoms with Gasteiger partial charge in [-0.25, -0.2) is 0 Å². The summed E-state index contributed by atoms with van der Waals surface area (Å²) in [4.78, 5) is 28.4. The fraction of sp³-hybridized carbons (Fsp3) is 0.471. The number of hydrogen-bond donors (Lipinski definition) is 1. The molecule has 0 spiro atoms. The van der Waals surface area contributed by atoms with Crippen molar-refractivity contribution in [1.82, 2.24) is 19.6 Å². The van der Waals surface area contributed by atoms with Gasteiger partial charge >= 0.3 is 0 Å². The van der Waals surface area contributed by atoms with E-state index < -0.39 is 0 Å². The Labute approximate surface area is 146 Å². The van der Waals surface area contributed by atoms with Gasteiger partial charge in [0.05, 0.1) is 35.4 Å². The van der Waals surface area contributed by atoms with Gasteiger partial charge < -0.3 is 14.6 Å². The Balaban J connectivity index is 1.50. The van der Waals surface area contributed by atoms with Crippen LogP contribution in [-0.2, 0) is 11.8 Å². The van der Waals surface area contributed by atoms with E-state index in [0.717, 1.165) is 17.1 Å². The minimum atomic E-state index is -0.0613. The highest BCUT2D eigenvalue weighted by Gasteiger charge is 2.24. The zero-order chi connectivity index (χ0) is 18.0. The number of furan rings is 1. The Kier molecular flexibility index (Phi) is 4.89. The number of aromatic nitrogens is 2. The van der Waals surface area contributed by atoms with E-state index in [1.54, 1.807) is 15.6 Å². The molecule has 1 saturated heterocycles. The molecule has 1 aliphatic heterocycles. The molecule has 0 unspecified atom stereocenters. The summed E-state index contributed by atoms with van der Waals surface area (Å²) in [6.45, 7) is 6.65. The van der Waals surface area contributed by atoms with Gasteiger partial charge in [0.1, 0.15) is 6.26 Å². The van der Waals surface area contributed by atoms with Crippen molar-refractivity contribution >= 4 is 17.5 Å². The van der Waals surface area contributed by atoms with Crippen molar-refractivity contribution in [3.8, 4) is 0 Å². The predicted molar refractivity (Wildman–Crippen MR) is 92.4 cm³/mol. The lowest BCUT2D eigenvalue weighted by Gasteiger charge is -2.34. The molecule has 1 aliphatic rings. The maximum absolute atomic E-state index is 12.3. The highest BCUT2D eigenvalue weighted by atomic mass is 16.3. The Morgan fingerprint density at radius 2 is 1.96 bits per heavy atom. The van der Waals surface area contributed by atoms with Crippen LogP contribution in [0.3, 0.4) is 0 Å². The normalized spacial score (nSPS) is 15.4. The summed E-state index contributed by atoms with van der Waals surface area (Å²) in [5.41, 5.74) is 3.08. The quantitative estimate of drug-likeness (QED) is 0.895. The van der Waals surface area contributed by atoms with Crippen molar-refractivity contribution in [3.63, 3.8) is 0 Å². The third kappa shape index (κ3) is 3.74. The largest absolute Gasteiger partial charge is 0.472 e. The smallest absolute Gasteiger partial charge is 0.257 e. The Hall–Kier alpha value is -2.61. The van der Waals surface area contributed by atoms with E-state index >= 15 is 0 Å². The molecule has 1 fully saturated rings. The summed E-state index contributed by atoms with van der Waals surface area (Å²) >= 11 is 0. The third-order valence-electron chi connectivity index (χ3n) is 4.57. The molecule has 0 atom stereocenters. The lowest BCUT2D eigenvalue weighted by Crippen LogP contribution is -2.50. The summed E-state index contributed by atoms with van der Waals surface area (Å²) in [7, 11) is 1.86. The Morgan fingerprint density at radius 1 is 1.24 bits per heavy atom. The molecule has 8 nitrogen and oxygen atoms in total. The van der Waals surface area contributed by atoms with Crippen LogP contribution in [-0.4, -0.2) is 64.1 Å². The number of nitrogens with zero attached hydrogens (tertiary/aromatic N) is 4. The molecule has 2 amide bonds. The molecule has 0 radical (unpaired) electrons. The van der Waals surface area contributed by atoms with E-state index in [0.29, 0.717) is 38.3 Å². The average molecular weight is 345 g/mol. The minimum absolute atomic E-state index is 0.0283. The van der Waals surface area contributed by atoms with Crippen molar-refractivity contribution < 1.29 is 14.0 Å². The monoisotopic (exact) mass is 345 g/mol. The first-order valence-corrected chi connectivity index (χ1v) is 8.29. The standard InChI is InChI=1S/C17H23N5O3/c1-12-16(13(2)20(3)19-12)18-15(23)10-21-5-7-22(8-6-21)17(24)14-4-9-25-11-14/h4,9,11H,5-8,10H2,1-3H3,(H,18,23). The van der Waals surface area contributed by atoms with Gasteiger partial charge in [0.2, 0.25) is 5.91 Å². The zero-order valence-corrected chi connectivity index (χ0v) is 14.8. The Morgan fingerprint density at radius 3 is 2.52 bits per heavy atom. The molecule has 2 aromatic rings. The van der Waals surface area contributed by atoms with E-state index in [1.165, 1.54) is 12.5 Å². The van der Waals surface area contributed by atoms with E-state index in [4.69, 9.17) is 4.42 Å². The molecule has 3 rings (SSSR count). The van der Waals surface area contributed by atoms with Crippen LogP contribution in [0.15, 0.2) is 23.0 Å². The maximum Gasteiger partial charge on any atom is 0.257 e. The first-order valence-electron chi connectivity index (χ1n) is 8.29. The van der Waals surface area contributed by atoms with Gasteiger partial charge in [0, 0.05) is 33.2 Å². The van der Waals surface area contributed by atoms with Gasteiger partial charge in [-0.15, -0.1) is 0 Å². The van der Waals surface area contributed by atoms with Crippen LogP contribution in [0.2, 0.25) is 0 Å². The first kappa shape index (κ1) is 17.2. The van der Waals surface area contributed by atoms with Gasteiger partial charge in [-0.1, -0.05) is 0 Å². The molecule has 0 bridgehead atoms. The third-order valence-corrected chi connectivity index (χ3v) is 4.57. The second-order valence-corrected chi connectivity index (χ2v) is 6.30. The number of nitrogens with one attached hydrogen (secondary N) is 1. The molecular weight excluding hydrogens is 322 g/mol. The highest BCUT2D eigenvalue weighted by Crippen LogP contribution is 2.18. The fourth-order valence-electron chi connectivity index (χ4n) is 3.01. The van der Waals surface area contributed by atoms with Crippen molar-refractivity contribution in [2.75, 3.05) is 38.0 Å². The first-order chi connectivity index (χ1) is 12.0. The Bertz CT molecular complexity index is 758. The maximum atomic E-state index is 12.3. The number of amides is 2. The molecule has 1 N–H and O–H groups in total. The van der Waals surface area contributed by atoms with Crippen molar-refractivity contribution in [2.24, 2.45) is 7.05 Å². The molecule has 3 heterocycles. The lowest BCUT2D eigenvalue weighted by molar-refractivity contribution is -0.117. The van der Waals surface area contributed by atoms with Gasteiger partial charge in [0.25, 0.3) is 5.91 Å². The van der Waals surface area contributed by atoms with E-state index in [1.807, 2.05) is 20.9 Å². The van der Waals surface area contributed by atoms with Crippen molar-refractivity contribution in [2.45, 2.75) is 13.8 Å². The van der Waals surface area contributed by atoms with Crippen molar-refractivity contribution in [1.29, 1.82) is 0 Å². The van der Waals surface area contributed by atoms with E-state index in [9.17, 15) is 9.59 Å². The number of carbonyl (C=O) groups is 2. The number of hydrogen-bond acceptors (Lipinski definition) is 5. The average Bonchev–Trinajstić information content (AvgIpc) is 3.20. The number of carbonyl (C=O) groups excluding carboxylic acids is 2. The van der Waals surface area contributed by atoms with Crippen LogP contribution in [0.25, 0.3) is 0 Å². The minimum Gasteiger partial charge on any atom is -0.472 e. The molecule has 25 heavy (non-hydrogen) atoms. The lowest BCUT2D eigenvalue weighted by atomic mass is 10.2. The topological polar surface area (TPSA) is 83.6 Å². The number of anilines is 1. The van der Waals surface area contributed by atoms with Gasteiger partial charge in [0.15, 0.2) is 0 Å². The SMILES string of the molecule is Cc1nn(C)c(C)c1NC(=O)CN1CCN(C(=O)c2ccoc2)CC1. The van der Waals surface area contributed by atoms with Crippen LogP contribution < -0.4 is 5.32 Å². The number of rotatable bonds is 4. The predicted octanol–water partition coefficient (Wildman–Crippen LogP) is 1.03. The van der Waals surface area contributed by atoms with Crippen LogP contribution >= 0.6 is 0 Å². The number of aryl methyl sites for hydroxylation is 2. The molecular formula is C17H23N5O3. The summed E-state index contributed by atoms with van der Waals surface area (Å²) in [5, 5.41) is 7.25. The summed E-state index contributed by atoms with van der Waals surface area (Å²) in [6, 6.07) is 1.67. The molecule has 0 saturated carbocycles. The summed E-state index contributed by atoms with van der Waals surface area (Å²) in [5.74, 6) is -0.0896. The molecule has 0 aliphatic carbocycles. The second-order valence-electron chi connectivity index (χ2n) is 6.30. The molecule has 8 heteroatoms. The van der Waals surface area contributed by atoms with Crippen LogP contribution in [0.1, 0.15) is 21.7 Å². The van der Waals surface area contributed by atoms with Gasteiger partial charge in [-0.05, 0) is 19.9 Å². The van der Waals surface area contributed by atoms with Crippen LogP contribution in [0.5, 0.6) is 0 Å². The molecule has 0 aromatic carbocycles. The van der Waals surface area contributed by atoms with E-state index in [2.05, 4.69) is 15.3 Å². The molecule has 2 aromatic heterocycles. The number of piperazine rings is 1. The van der Waals surface area contributed by atoms with Crippen LogP contribution in [0, 0.1) is 13.8 Å². The summed E-state index contributed by atoms with van der Waals surface area (Å²) < 4.78 is 6.72. The fourth-order valence-corrected chi connectivity index (χ4v) is 3.01. The molecule has 134 valence electrons. The van der Waals surface area contributed by atoms with Crippen LogP contribution in [0.4, 0.5) is 5.69 Å². The second kappa shape index (κ2) is 7.10. The van der Waals surface area contributed by atoms with Crippen molar-refractivity contribution in [3.05, 3.63) is 35.5 Å².